The molecular weight excluding hydrogens is 512 g/mol. The molecule has 0 atom stereocenters. The maximum atomic E-state index is 3.34. The SMILES string of the molecule is Cc1cc(-c2ccccc2)cs1.Cc1cc(Br)cs1.[Br-].[Mg+2].[c-]1ccccc1. The molecule has 4 aromatic rings. The second-order valence-electron chi connectivity index (χ2n) is 5.26. The number of halogens is 2. The standard InChI is InChI=1S/C11H10S.C6H5.C5H5BrS.BrH.Mg/c1-9-7-11(8-12-9)10-5-3-2-4-6-10;1-2-4-6-5-3-1;1-4-2-5(6)3-7-4;;/h2-8H,1H3;1-5H;2-3H,1H3;1H;/q;-1;;;+2/p-1. The minimum absolute atomic E-state index is 0. The van der Waals surface area contributed by atoms with Gasteiger partial charge in [-0.3, -0.25) is 0 Å². The number of benzene rings is 2. The number of thiophene rings is 2. The van der Waals surface area contributed by atoms with Gasteiger partial charge in [-0.05, 0) is 58.4 Å². The van der Waals surface area contributed by atoms with Gasteiger partial charge in [0.05, 0.1) is 0 Å². The first-order chi connectivity index (χ1) is 12.1. The van der Waals surface area contributed by atoms with Gasteiger partial charge in [0.2, 0.25) is 0 Å². The average molecular weight is 533 g/mol. The van der Waals surface area contributed by atoms with E-state index in [-0.39, 0.29) is 40.0 Å². The molecule has 0 aliphatic heterocycles. The fraction of sp³-hybridized carbons (Fsp3) is 0.0909. The van der Waals surface area contributed by atoms with E-state index in [0.29, 0.717) is 0 Å². The number of aryl methyl sites for hydroxylation is 2. The van der Waals surface area contributed by atoms with Crippen molar-refractivity contribution in [2.75, 3.05) is 0 Å². The molecule has 0 aliphatic rings. The zero-order valence-corrected chi connectivity index (χ0v) is 21.6. The van der Waals surface area contributed by atoms with E-state index in [9.17, 15) is 0 Å². The van der Waals surface area contributed by atoms with Gasteiger partial charge in [-0.2, -0.15) is 36.4 Å². The monoisotopic (exact) mass is 530 g/mol. The number of rotatable bonds is 1. The van der Waals surface area contributed by atoms with Gasteiger partial charge >= 0.3 is 23.1 Å². The van der Waals surface area contributed by atoms with Crippen molar-refractivity contribution in [2.45, 2.75) is 13.8 Å². The van der Waals surface area contributed by atoms with Crippen molar-refractivity contribution in [1.29, 1.82) is 0 Å². The Labute approximate surface area is 205 Å². The van der Waals surface area contributed by atoms with Crippen LogP contribution in [-0.4, -0.2) is 23.1 Å². The van der Waals surface area contributed by atoms with Crippen LogP contribution in [0.25, 0.3) is 11.1 Å². The second kappa shape index (κ2) is 15.5. The van der Waals surface area contributed by atoms with E-state index in [4.69, 9.17) is 0 Å². The summed E-state index contributed by atoms with van der Waals surface area (Å²) in [5, 5.41) is 4.28. The molecule has 0 fully saturated rings. The van der Waals surface area contributed by atoms with E-state index >= 15 is 0 Å². The predicted octanol–water partition coefficient (Wildman–Crippen LogP) is 4.65. The third kappa shape index (κ3) is 11.2. The second-order valence-corrected chi connectivity index (χ2v) is 8.41. The van der Waals surface area contributed by atoms with Crippen molar-refractivity contribution in [3.8, 4) is 11.1 Å². The molecule has 2 aromatic carbocycles. The van der Waals surface area contributed by atoms with Crippen LogP contribution in [-0.2, 0) is 0 Å². The molecule has 5 heteroatoms. The molecular formula is C22H20Br2MgS2. The Bertz CT molecular complexity index is 800. The molecule has 136 valence electrons. The summed E-state index contributed by atoms with van der Waals surface area (Å²) in [5.41, 5.74) is 2.64. The molecule has 0 aliphatic carbocycles. The fourth-order valence-corrected chi connectivity index (χ4v) is 4.03. The summed E-state index contributed by atoms with van der Waals surface area (Å²) >= 11 is 6.90. The Morgan fingerprint density at radius 3 is 1.63 bits per heavy atom. The molecule has 0 unspecified atom stereocenters. The Morgan fingerprint density at radius 2 is 1.30 bits per heavy atom. The average Bonchev–Trinajstić information content (AvgIpc) is 3.26. The van der Waals surface area contributed by atoms with E-state index in [1.807, 2.05) is 36.4 Å². The molecule has 0 bridgehead atoms. The van der Waals surface area contributed by atoms with Crippen molar-refractivity contribution in [3.63, 3.8) is 0 Å². The maximum absolute atomic E-state index is 3.34. The van der Waals surface area contributed by atoms with Gasteiger partial charge in [0.1, 0.15) is 0 Å². The predicted molar refractivity (Wildman–Crippen MR) is 122 cm³/mol. The van der Waals surface area contributed by atoms with E-state index in [1.165, 1.54) is 25.4 Å². The van der Waals surface area contributed by atoms with Crippen molar-refractivity contribution in [1.82, 2.24) is 0 Å². The first-order valence-corrected chi connectivity index (χ1v) is 10.4. The minimum atomic E-state index is 0. The number of hydrogen-bond acceptors (Lipinski definition) is 2. The van der Waals surface area contributed by atoms with E-state index in [1.54, 1.807) is 22.7 Å². The van der Waals surface area contributed by atoms with Gasteiger partial charge < -0.3 is 17.0 Å². The van der Waals surface area contributed by atoms with Crippen LogP contribution in [0.3, 0.4) is 0 Å². The van der Waals surface area contributed by atoms with E-state index < -0.39 is 0 Å². The Kier molecular flexibility index (Phi) is 15.2. The van der Waals surface area contributed by atoms with Gasteiger partial charge in [0.25, 0.3) is 0 Å². The minimum Gasteiger partial charge on any atom is -1.00 e. The molecule has 4 rings (SSSR count). The smallest absolute Gasteiger partial charge is 1.00 e. The Balaban J connectivity index is 0.000000391. The van der Waals surface area contributed by atoms with Gasteiger partial charge in [0, 0.05) is 19.6 Å². The van der Waals surface area contributed by atoms with Crippen LogP contribution < -0.4 is 17.0 Å². The van der Waals surface area contributed by atoms with E-state index in [0.717, 1.165) is 0 Å². The van der Waals surface area contributed by atoms with Gasteiger partial charge in [-0.25, -0.2) is 0 Å². The van der Waals surface area contributed by atoms with Crippen LogP contribution in [0.5, 0.6) is 0 Å². The van der Waals surface area contributed by atoms with Crippen molar-refractivity contribution in [2.24, 2.45) is 0 Å². The quantitative estimate of drug-likeness (QED) is 0.247. The van der Waals surface area contributed by atoms with Crippen LogP contribution in [0.1, 0.15) is 9.75 Å². The zero-order chi connectivity index (χ0) is 17.9. The van der Waals surface area contributed by atoms with Crippen molar-refractivity contribution < 1.29 is 17.0 Å². The first-order valence-electron chi connectivity index (χ1n) is 7.87. The van der Waals surface area contributed by atoms with Gasteiger partial charge in [-0.1, -0.05) is 30.3 Å². The maximum Gasteiger partial charge on any atom is 2.00 e. The van der Waals surface area contributed by atoms with Crippen LogP contribution in [0.2, 0.25) is 0 Å². The van der Waals surface area contributed by atoms with Crippen LogP contribution in [0.4, 0.5) is 0 Å². The molecule has 0 nitrogen and oxygen atoms in total. The summed E-state index contributed by atoms with van der Waals surface area (Å²) in [6, 6.07) is 27.3. The molecule has 0 spiro atoms. The Morgan fingerprint density at radius 1 is 0.741 bits per heavy atom. The topological polar surface area (TPSA) is 0 Å². The zero-order valence-electron chi connectivity index (χ0n) is 15.4. The van der Waals surface area contributed by atoms with Crippen molar-refractivity contribution in [3.05, 3.63) is 104 Å². The molecule has 2 aromatic heterocycles. The molecule has 0 amide bonds. The summed E-state index contributed by atoms with van der Waals surface area (Å²) in [6.07, 6.45) is 0. The van der Waals surface area contributed by atoms with Gasteiger partial charge in [0.15, 0.2) is 0 Å². The van der Waals surface area contributed by atoms with Crippen LogP contribution in [0.15, 0.2) is 88.0 Å². The first kappa shape index (κ1) is 26.6. The summed E-state index contributed by atoms with van der Waals surface area (Å²) in [4.78, 5) is 2.72. The third-order valence-corrected chi connectivity index (χ3v) is 5.63. The third-order valence-electron chi connectivity index (χ3n) is 3.14. The number of hydrogen-bond donors (Lipinski definition) is 0. The molecule has 0 saturated heterocycles. The Hall–Kier alpha value is -0.434. The largest absolute Gasteiger partial charge is 2.00 e. The fourth-order valence-electron chi connectivity index (χ4n) is 1.98. The normalized spacial score (nSPS) is 8.70. The van der Waals surface area contributed by atoms with Crippen molar-refractivity contribution >= 4 is 61.7 Å². The van der Waals surface area contributed by atoms with Gasteiger partial charge in [-0.15, -0.1) is 22.7 Å². The molecule has 0 radical (unpaired) electrons. The molecule has 0 N–H and O–H groups in total. The molecule has 2 heterocycles. The van der Waals surface area contributed by atoms with E-state index in [2.05, 4.69) is 83.0 Å². The molecule has 27 heavy (non-hydrogen) atoms. The summed E-state index contributed by atoms with van der Waals surface area (Å²) in [7, 11) is 0. The summed E-state index contributed by atoms with van der Waals surface area (Å²) in [5.74, 6) is 0. The van der Waals surface area contributed by atoms with Crippen LogP contribution in [0, 0.1) is 19.9 Å². The summed E-state index contributed by atoms with van der Waals surface area (Å²) < 4.78 is 1.19. The summed E-state index contributed by atoms with van der Waals surface area (Å²) in [6.45, 7) is 4.23. The molecule has 0 saturated carbocycles. The van der Waals surface area contributed by atoms with Crippen LogP contribution >= 0.6 is 38.6 Å².